The highest BCUT2D eigenvalue weighted by Crippen LogP contribution is 2.25. The largest absolute Gasteiger partial charge is 0.0845 e. The molecule has 0 fully saturated rings. The molecule has 0 heterocycles. The fourth-order valence-electron chi connectivity index (χ4n) is 6.21. The smallest absolute Gasteiger partial charge is 0.0276 e. The molecule has 0 aromatic rings. The Morgan fingerprint density at radius 3 is 0.850 bits per heavy atom. The van der Waals surface area contributed by atoms with Gasteiger partial charge in [-0.1, -0.05) is 189 Å². The van der Waals surface area contributed by atoms with Gasteiger partial charge in [-0.15, -0.1) is 0 Å². The molecule has 0 heteroatoms. The maximum absolute atomic E-state index is 2.44. The van der Waals surface area contributed by atoms with E-state index in [1.165, 1.54) is 180 Å². The standard InChI is InChI=1S/C40H66/c1-3-7-11-15-19-23-27-31-35-39(36-32-28-24-20-16-12-8-4-1)40-37-33-29-25-21-17-13-9-5-2-6-10-14-18-22-26-30-34-38-40/h19,21,23,25,27,29,31,33,35,37H,1-18,20,22,24,26,28,30,32,34,36,38H2/b23-19+,25-21+,31-27-,33-29-,39-35-,40-37-. The highest BCUT2D eigenvalue weighted by atomic mass is 14.1. The van der Waals surface area contributed by atoms with E-state index in [0.717, 1.165) is 0 Å². The Labute approximate surface area is 251 Å². The van der Waals surface area contributed by atoms with Gasteiger partial charge < -0.3 is 0 Å². The first kappa shape index (κ1) is 34.6. The highest BCUT2D eigenvalue weighted by molar-refractivity contribution is 5.37. The summed E-state index contributed by atoms with van der Waals surface area (Å²) in [5.41, 5.74) is 3.16. The minimum Gasteiger partial charge on any atom is -0.0845 e. The Hall–Kier alpha value is -1.56. The van der Waals surface area contributed by atoms with Gasteiger partial charge in [0.15, 0.2) is 0 Å². The Balaban J connectivity index is 2.05. The van der Waals surface area contributed by atoms with E-state index in [4.69, 9.17) is 0 Å². The maximum atomic E-state index is 2.44. The van der Waals surface area contributed by atoms with E-state index in [0.29, 0.717) is 0 Å². The van der Waals surface area contributed by atoms with Gasteiger partial charge in [-0.05, 0) is 62.5 Å². The quantitative estimate of drug-likeness (QED) is 0.307. The van der Waals surface area contributed by atoms with Crippen LogP contribution in [0.15, 0.2) is 71.9 Å². The van der Waals surface area contributed by atoms with Gasteiger partial charge in [-0.3, -0.25) is 0 Å². The summed E-state index contributed by atoms with van der Waals surface area (Å²) in [6.07, 6.45) is 62.2. The van der Waals surface area contributed by atoms with Crippen molar-refractivity contribution in [2.75, 3.05) is 0 Å². The molecule has 0 saturated carbocycles. The van der Waals surface area contributed by atoms with Crippen molar-refractivity contribution in [3.05, 3.63) is 71.9 Å². The molecule has 2 aliphatic carbocycles. The summed E-state index contributed by atoms with van der Waals surface area (Å²) in [6.45, 7) is 0. The number of rotatable bonds is 1. The Kier molecular flexibility index (Phi) is 23.9. The van der Waals surface area contributed by atoms with Crippen LogP contribution in [0.1, 0.15) is 180 Å². The molecule has 0 aliphatic heterocycles. The number of allylic oxidation sites excluding steroid dienone is 12. The lowest BCUT2D eigenvalue weighted by Gasteiger charge is -2.13. The van der Waals surface area contributed by atoms with Crippen LogP contribution in [0, 0.1) is 0 Å². The molecular weight excluding hydrogens is 480 g/mol. The van der Waals surface area contributed by atoms with Crippen molar-refractivity contribution >= 4 is 0 Å². The van der Waals surface area contributed by atoms with Crippen LogP contribution in [0.2, 0.25) is 0 Å². The molecule has 0 radical (unpaired) electrons. The average molecular weight is 547 g/mol. The second-order valence-electron chi connectivity index (χ2n) is 12.6. The van der Waals surface area contributed by atoms with E-state index in [1.54, 1.807) is 11.1 Å². The van der Waals surface area contributed by atoms with Gasteiger partial charge >= 0.3 is 0 Å². The predicted octanol–water partition coefficient (Wildman–Crippen LogP) is 14.0. The molecule has 0 nitrogen and oxygen atoms in total. The lowest BCUT2D eigenvalue weighted by molar-refractivity contribution is 0.539. The summed E-state index contributed by atoms with van der Waals surface area (Å²) >= 11 is 0. The molecule has 40 heavy (non-hydrogen) atoms. The molecule has 0 N–H and O–H groups in total. The van der Waals surface area contributed by atoms with Crippen LogP contribution in [0.5, 0.6) is 0 Å². The van der Waals surface area contributed by atoms with Crippen LogP contribution in [0.3, 0.4) is 0 Å². The molecule has 0 aromatic carbocycles. The van der Waals surface area contributed by atoms with Gasteiger partial charge in [0.25, 0.3) is 0 Å². The molecule has 0 bridgehead atoms. The van der Waals surface area contributed by atoms with Gasteiger partial charge in [0.1, 0.15) is 0 Å². The predicted molar refractivity (Wildman–Crippen MR) is 182 cm³/mol. The molecular formula is C40H66. The number of hydrogen-bond acceptors (Lipinski definition) is 0. The second-order valence-corrected chi connectivity index (χ2v) is 12.6. The Morgan fingerprint density at radius 2 is 0.525 bits per heavy atom. The monoisotopic (exact) mass is 547 g/mol. The summed E-state index contributed by atoms with van der Waals surface area (Å²) in [6, 6.07) is 0. The third-order valence-electron chi connectivity index (χ3n) is 8.86. The maximum Gasteiger partial charge on any atom is -0.0276 e. The van der Waals surface area contributed by atoms with Crippen molar-refractivity contribution in [2.24, 2.45) is 0 Å². The topological polar surface area (TPSA) is 0 Å². The van der Waals surface area contributed by atoms with Crippen LogP contribution >= 0.6 is 0 Å². The molecule has 0 atom stereocenters. The van der Waals surface area contributed by atoms with Crippen LogP contribution in [0.4, 0.5) is 0 Å². The number of hydrogen-bond donors (Lipinski definition) is 0. The van der Waals surface area contributed by atoms with Gasteiger partial charge in [-0.2, -0.15) is 0 Å². The minimum atomic E-state index is 1.23. The van der Waals surface area contributed by atoms with Crippen LogP contribution in [0.25, 0.3) is 0 Å². The zero-order valence-electron chi connectivity index (χ0n) is 26.6. The van der Waals surface area contributed by atoms with Crippen molar-refractivity contribution in [2.45, 2.75) is 180 Å². The van der Waals surface area contributed by atoms with E-state index in [1.807, 2.05) is 0 Å². The molecule has 2 rings (SSSR count). The zero-order chi connectivity index (χ0) is 28.0. The fraction of sp³-hybridized carbons (Fsp3) is 0.700. The summed E-state index contributed by atoms with van der Waals surface area (Å²) < 4.78 is 0. The Bertz CT molecular complexity index is 676. The van der Waals surface area contributed by atoms with Gasteiger partial charge in [-0.25, -0.2) is 0 Å². The third-order valence-corrected chi connectivity index (χ3v) is 8.86. The molecule has 2 aliphatic rings. The van der Waals surface area contributed by atoms with E-state index in [9.17, 15) is 0 Å². The molecule has 0 aromatic heterocycles. The van der Waals surface area contributed by atoms with E-state index in [-0.39, 0.29) is 0 Å². The zero-order valence-corrected chi connectivity index (χ0v) is 26.6. The molecule has 0 unspecified atom stereocenters. The second kappa shape index (κ2) is 27.6. The van der Waals surface area contributed by atoms with E-state index >= 15 is 0 Å². The summed E-state index contributed by atoms with van der Waals surface area (Å²) in [7, 11) is 0. The lowest BCUT2D eigenvalue weighted by Crippen LogP contribution is -1.93. The van der Waals surface area contributed by atoms with Crippen molar-refractivity contribution < 1.29 is 0 Å². The van der Waals surface area contributed by atoms with Crippen molar-refractivity contribution in [1.82, 2.24) is 0 Å². The SMILES string of the molecule is C1=C\C=C\CCCCCCCCCCCCCCC(/C2=C\C=C/C=C/CCCCCCCCCCCCCC2)=C/1. The van der Waals surface area contributed by atoms with Gasteiger partial charge in [0.05, 0.1) is 0 Å². The Morgan fingerprint density at radius 1 is 0.250 bits per heavy atom. The first-order valence-electron chi connectivity index (χ1n) is 18.0. The average Bonchev–Trinajstić information content (AvgIpc) is 2.96. The molecule has 0 saturated heterocycles. The first-order chi connectivity index (χ1) is 20.0. The molecule has 0 spiro atoms. The van der Waals surface area contributed by atoms with Crippen LogP contribution < -0.4 is 0 Å². The minimum absolute atomic E-state index is 1.23. The lowest BCUT2D eigenvalue weighted by atomic mass is 9.93. The van der Waals surface area contributed by atoms with Crippen LogP contribution in [-0.2, 0) is 0 Å². The normalized spacial score (nSPS) is 28.4. The van der Waals surface area contributed by atoms with E-state index < -0.39 is 0 Å². The highest BCUT2D eigenvalue weighted by Gasteiger charge is 2.06. The van der Waals surface area contributed by atoms with Crippen molar-refractivity contribution in [3.8, 4) is 0 Å². The summed E-state index contributed by atoms with van der Waals surface area (Å²) in [5, 5.41) is 0. The van der Waals surface area contributed by atoms with Crippen molar-refractivity contribution in [1.29, 1.82) is 0 Å². The summed E-state index contributed by atoms with van der Waals surface area (Å²) in [4.78, 5) is 0. The van der Waals surface area contributed by atoms with Gasteiger partial charge in [0, 0.05) is 0 Å². The van der Waals surface area contributed by atoms with Crippen molar-refractivity contribution in [3.63, 3.8) is 0 Å². The van der Waals surface area contributed by atoms with Gasteiger partial charge in [0.2, 0.25) is 0 Å². The summed E-state index contributed by atoms with van der Waals surface area (Å²) in [5.74, 6) is 0. The molecule has 0 amide bonds. The third kappa shape index (κ3) is 21.2. The van der Waals surface area contributed by atoms with E-state index in [2.05, 4.69) is 60.8 Å². The fourth-order valence-corrected chi connectivity index (χ4v) is 6.21. The molecule has 226 valence electrons. The first-order valence-corrected chi connectivity index (χ1v) is 18.0. The van der Waals surface area contributed by atoms with Crippen LogP contribution in [-0.4, -0.2) is 0 Å².